The number of nitrogens with zero attached hydrogens (tertiary/aromatic N) is 2. The maximum atomic E-state index is 13.4. The number of benzene rings is 1. The highest BCUT2D eigenvalue weighted by molar-refractivity contribution is 6.32. The van der Waals surface area contributed by atoms with Gasteiger partial charge in [-0.3, -0.25) is 9.48 Å². The van der Waals surface area contributed by atoms with Gasteiger partial charge in [0, 0.05) is 17.5 Å². The van der Waals surface area contributed by atoms with Crippen LogP contribution < -0.4 is 5.56 Å². The first-order chi connectivity index (χ1) is 11.3. The van der Waals surface area contributed by atoms with Crippen molar-refractivity contribution in [3.05, 3.63) is 50.9 Å². The lowest BCUT2D eigenvalue weighted by Gasteiger charge is -2.36. The van der Waals surface area contributed by atoms with Gasteiger partial charge in [-0.05, 0) is 42.7 Å². The molecule has 0 aliphatic heterocycles. The standard InChI is InChI=1S/C20H25ClN2O/c1-5-12-22-17-16(13-10-11-20(17,4)19(13,2)3)18(24)23(22)15-9-7-6-8-14(15)21/h6-9,13H,5,10-12H2,1-4H3/t13-,20+/m0/s1. The Bertz CT molecular complexity index is 876. The molecule has 0 N–H and O–H groups in total. The van der Waals surface area contributed by atoms with E-state index in [1.807, 2.05) is 28.9 Å². The number of aromatic nitrogens is 2. The average Bonchev–Trinajstić information content (AvgIpc) is 3.01. The Morgan fingerprint density at radius 2 is 1.96 bits per heavy atom. The molecular weight excluding hydrogens is 320 g/mol. The number of fused-ring (bicyclic) bond motifs is 5. The van der Waals surface area contributed by atoms with Crippen molar-refractivity contribution in [2.24, 2.45) is 5.41 Å². The van der Waals surface area contributed by atoms with Gasteiger partial charge in [-0.2, -0.15) is 0 Å². The third-order valence-corrected chi connectivity index (χ3v) is 7.11. The number of halogens is 1. The summed E-state index contributed by atoms with van der Waals surface area (Å²) in [6.07, 6.45) is 3.27. The van der Waals surface area contributed by atoms with Gasteiger partial charge < -0.3 is 0 Å². The lowest BCUT2D eigenvalue weighted by molar-refractivity contribution is 0.215. The largest absolute Gasteiger partial charge is 0.281 e. The van der Waals surface area contributed by atoms with Gasteiger partial charge >= 0.3 is 0 Å². The van der Waals surface area contributed by atoms with Crippen molar-refractivity contribution < 1.29 is 0 Å². The van der Waals surface area contributed by atoms with E-state index in [0.29, 0.717) is 10.9 Å². The fourth-order valence-electron chi connectivity index (χ4n) is 5.18. The normalized spacial score (nSPS) is 26.8. The van der Waals surface area contributed by atoms with Crippen LogP contribution in [-0.2, 0) is 12.0 Å². The predicted octanol–water partition coefficient (Wildman–Crippen LogP) is 4.88. The first kappa shape index (κ1) is 16.0. The smallest absolute Gasteiger partial charge is 0.275 e. The molecule has 2 atom stereocenters. The molecule has 3 nitrogen and oxygen atoms in total. The summed E-state index contributed by atoms with van der Waals surface area (Å²) in [6.45, 7) is 10.0. The molecule has 2 aliphatic carbocycles. The molecule has 1 aromatic heterocycles. The summed E-state index contributed by atoms with van der Waals surface area (Å²) >= 11 is 6.43. The number of rotatable bonds is 3. The zero-order valence-electron chi connectivity index (χ0n) is 14.9. The van der Waals surface area contributed by atoms with Crippen LogP contribution in [-0.4, -0.2) is 9.36 Å². The molecular formula is C20H25ClN2O. The molecule has 0 spiro atoms. The van der Waals surface area contributed by atoms with Crippen LogP contribution in [0.25, 0.3) is 5.69 Å². The summed E-state index contributed by atoms with van der Waals surface area (Å²) in [7, 11) is 0. The van der Waals surface area contributed by atoms with E-state index < -0.39 is 0 Å². The van der Waals surface area contributed by atoms with Gasteiger partial charge in [0.1, 0.15) is 0 Å². The van der Waals surface area contributed by atoms with E-state index in [1.54, 1.807) is 0 Å². The molecule has 0 unspecified atom stereocenters. The number of hydrogen-bond donors (Lipinski definition) is 0. The number of para-hydroxylation sites is 1. The zero-order valence-corrected chi connectivity index (χ0v) is 15.7. The summed E-state index contributed by atoms with van der Waals surface area (Å²) in [4.78, 5) is 13.4. The minimum atomic E-state index is 0.0633. The van der Waals surface area contributed by atoms with Gasteiger partial charge in [0.05, 0.1) is 16.4 Å². The van der Waals surface area contributed by atoms with Crippen molar-refractivity contribution in [3.8, 4) is 5.69 Å². The zero-order chi connectivity index (χ0) is 17.3. The van der Waals surface area contributed by atoms with Crippen LogP contribution in [0.2, 0.25) is 5.02 Å². The Balaban J connectivity index is 2.06. The molecule has 128 valence electrons. The Morgan fingerprint density at radius 3 is 2.62 bits per heavy atom. The van der Waals surface area contributed by atoms with Crippen LogP contribution in [0.15, 0.2) is 29.1 Å². The summed E-state index contributed by atoms with van der Waals surface area (Å²) in [5, 5.41) is 0.630. The Kier molecular flexibility index (Phi) is 3.34. The maximum absolute atomic E-state index is 13.4. The van der Waals surface area contributed by atoms with Crippen molar-refractivity contribution in [1.82, 2.24) is 9.36 Å². The molecule has 4 rings (SSSR count). The van der Waals surface area contributed by atoms with Crippen LogP contribution in [0.4, 0.5) is 0 Å². The molecule has 2 aliphatic rings. The van der Waals surface area contributed by atoms with E-state index in [9.17, 15) is 4.79 Å². The first-order valence-corrected chi connectivity index (χ1v) is 9.33. The van der Waals surface area contributed by atoms with Gasteiger partial charge in [0.15, 0.2) is 0 Å². The van der Waals surface area contributed by atoms with Gasteiger partial charge in [0.25, 0.3) is 5.56 Å². The van der Waals surface area contributed by atoms with Crippen molar-refractivity contribution in [3.63, 3.8) is 0 Å². The highest BCUT2D eigenvalue weighted by Crippen LogP contribution is 2.67. The second kappa shape index (κ2) is 5.01. The van der Waals surface area contributed by atoms with Gasteiger partial charge in [-0.25, -0.2) is 4.68 Å². The Labute approximate surface area is 148 Å². The van der Waals surface area contributed by atoms with Crippen molar-refractivity contribution in [2.45, 2.75) is 64.8 Å². The van der Waals surface area contributed by atoms with E-state index >= 15 is 0 Å². The number of hydrogen-bond acceptors (Lipinski definition) is 1. The van der Waals surface area contributed by atoms with Crippen LogP contribution in [0, 0.1) is 5.41 Å². The van der Waals surface area contributed by atoms with E-state index in [0.717, 1.165) is 37.1 Å². The quantitative estimate of drug-likeness (QED) is 0.779. The minimum absolute atomic E-state index is 0.0633. The third-order valence-electron chi connectivity index (χ3n) is 6.79. The topological polar surface area (TPSA) is 26.9 Å². The monoisotopic (exact) mass is 344 g/mol. The fraction of sp³-hybridized carbons (Fsp3) is 0.550. The molecule has 4 heteroatoms. The van der Waals surface area contributed by atoms with Crippen LogP contribution in [0.5, 0.6) is 0 Å². The lowest BCUT2D eigenvalue weighted by Crippen LogP contribution is -2.36. The molecule has 0 amide bonds. The predicted molar refractivity (Wildman–Crippen MR) is 98.4 cm³/mol. The molecule has 1 heterocycles. The summed E-state index contributed by atoms with van der Waals surface area (Å²) in [5.74, 6) is 0.358. The van der Waals surface area contributed by atoms with Crippen LogP contribution in [0.3, 0.4) is 0 Å². The summed E-state index contributed by atoms with van der Waals surface area (Å²) in [6, 6.07) is 7.66. The van der Waals surface area contributed by atoms with Gasteiger partial charge in [0.2, 0.25) is 0 Å². The molecule has 2 aromatic rings. The first-order valence-electron chi connectivity index (χ1n) is 8.95. The van der Waals surface area contributed by atoms with Gasteiger partial charge in [-0.1, -0.05) is 51.4 Å². The minimum Gasteiger partial charge on any atom is -0.281 e. The van der Waals surface area contributed by atoms with E-state index in [-0.39, 0.29) is 16.4 Å². The summed E-state index contributed by atoms with van der Waals surface area (Å²) in [5.41, 5.74) is 3.44. The second-order valence-electron chi connectivity index (χ2n) is 8.10. The molecule has 1 aromatic carbocycles. The van der Waals surface area contributed by atoms with Crippen molar-refractivity contribution in [2.75, 3.05) is 0 Å². The van der Waals surface area contributed by atoms with Crippen LogP contribution >= 0.6 is 11.6 Å². The SMILES string of the molecule is CCCn1c2c(c(=O)n1-c1ccccc1Cl)[C@@H]1CC[C@@]2(C)C1(C)C. The van der Waals surface area contributed by atoms with E-state index in [2.05, 4.69) is 32.4 Å². The molecule has 1 saturated carbocycles. The molecule has 1 fully saturated rings. The lowest BCUT2D eigenvalue weighted by atomic mass is 9.70. The molecule has 0 radical (unpaired) electrons. The van der Waals surface area contributed by atoms with Crippen molar-refractivity contribution >= 4 is 11.6 Å². The Morgan fingerprint density at radius 1 is 1.25 bits per heavy atom. The van der Waals surface area contributed by atoms with Crippen LogP contribution in [0.1, 0.15) is 64.1 Å². The maximum Gasteiger partial charge on any atom is 0.275 e. The highest BCUT2D eigenvalue weighted by atomic mass is 35.5. The average molecular weight is 345 g/mol. The van der Waals surface area contributed by atoms with E-state index in [1.165, 1.54) is 5.69 Å². The molecule has 2 bridgehead atoms. The highest BCUT2D eigenvalue weighted by Gasteiger charge is 2.62. The fourth-order valence-corrected chi connectivity index (χ4v) is 5.39. The second-order valence-corrected chi connectivity index (χ2v) is 8.51. The third kappa shape index (κ3) is 1.72. The van der Waals surface area contributed by atoms with E-state index in [4.69, 9.17) is 11.6 Å². The Hall–Kier alpha value is -1.48. The summed E-state index contributed by atoms with van der Waals surface area (Å²) < 4.78 is 4.06. The van der Waals surface area contributed by atoms with Gasteiger partial charge in [-0.15, -0.1) is 0 Å². The molecule has 0 saturated heterocycles. The van der Waals surface area contributed by atoms with Crippen molar-refractivity contribution in [1.29, 1.82) is 0 Å². The molecule has 24 heavy (non-hydrogen) atoms.